The fraction of sp³-hybridized carbons (Fsp3) is 0.222. The van der Waals surface area contributed by atoms with Crippen LogP contribution in [0.4, 0.5) is 0 Å². The summed E-state index contributed by atoms with van der Waals surface area (Å²) >= 11 is 3.38. The van der Waals surface area contributed by atoms with Gasteiger partial charge in [0.25, 0.3) is 0 Å². The van der Waals surface area contributed by atoms with Gasteiger partial charge in [0.2, 0.25) is 0 Å². The predicted octanol–water partition coefficient (Wildman–Crippen LogP) is 2.15. The van der Waals surface area contributed by atoms with Gasteiger partial charge in [-0.1, -0.05) is 15.9 Å². The van der Waals surface area contributed by atoms with Gasteiger partial charge in [0.05, 0.1) is 11.7 Å². The van der Waals surface area contributed by atoms with Crippen LogP contribution in [0, 0.1) is 0 Å². The lowest BCUT2D eigenvalue weighted by Gasteiger charge is -2.02. The van der Waals surface area contributed by atoms with Gasteiger partial charge >= 0.3 is 0 Å². The minimum Gasteiger partial charge on any atom is -0.385 e. The van der Waals surface area contributed by atoms with Crippen molar-refractivity contribution in [2.45, 2.75) is 13.0 Å². The molecule has 68 valence electrons. The minimum atomic E-state index is -0.538. The molecule has 0 saturated carbocycles. The second-order valence-electron chi connectivity index (χ2n) is 2.93. The van der Waals surface area contributed by atoms with E-state index in [2.05, 4.69) is 20.9 Å². The van der Waals surface area contributed by atoms with Gasteiger partial charge in [-0.05, 0) is 19.1 Å². The fourth-order valence-electron chi connectivity index (χ4n) is 1.30. The molecule has 0 aliphatic heterocycles. The van der Waals surface area contributed by atoms with Gasteiger partial charge in [0, 0.05) is 10.7 Å². The lowest BCUT2D eigenvalue weighted by molar-refractivity contribution is 0.188. The molecule has 2 heterocycles. The van der Waals surface area contributed by atoms with Crippen molar-refractivity contribution in [1.82, 2.24) is 9.38 Å². The number of aromatic nitrogens is 2. The second-order valence-corrected chi connectivity index (χ2v) is 3.85. The lowest BCUT2D eigenvalue weighted by atomic mass is 10.4. The fourth-order valence-corrected chi connectivity index (χ4v) is 1.66. The zero-order chi connectivity index (χ0) is 9.42. The average Bonchev–Trinajstić information content (AvgIpc) is 2.46. The Morgan fingerprint density at radius 3 is 3.08 bits per heavy atom. The highest BCUT2D eigenvalue weighted by Crippen LogP contribution is 2.17. The van der Waals surface area contributed by atoms with Crippen LogP contribution in [0.3, 0.4) is 0 Å². The predicted molar refractivity (Wildman–Crippen MR) is 53.5 cm³/mol. The topological polar surface area (TPSA) is 37.5 Å². The Kier molecular flexibility index (Phi) is 2.09. The van der Waals surface area contributed by atoms with Crippen molar-refractivity contribution in [3.63, 3.8) is 0 Å². The highest BCUT2D eigenvalue weighted by Gasteiger charge is 2.07. The van der Waals surface area contributed by atoms with E-state index >= 15 is 0 Å². The zero-order valence-electron chi connectivity index (χ0n) is 7.11. The van der Waals surface area contributed by atoms with Crippen LogP contribution >= 0.6 is 15.9 Å². The van der Waals surface area contributed by atoms with Crippen molar-refractivity contribution in [1.29, 1.82) is 0 Å². The molecule has 1 atom stereocenters. The van der Waals surface area contributed by atoms with Crippen LogP contribution in [0.2, 0.25) is 0 Å². The summed E-state index contributed by atoms with van der Waals surface area (Å²) in [4.78, 5) is 4.13. The van der Waals surface area contributed by atoms with E-state index in [1.54, 1.807) is 13.1 Å². The van der Waals surface area contributed by atoms with E-state index in [-0.39, 0.29) is 0 Å². The van der Waals surface area contributed by atoms with Gasteiger partial charge in [-0.2, -0.15) is 0 Å². The largest absolute Gasteiger partial charge is 0.385 e. The van der Waals surface area contributed by atoms with Gasteiger partial charge in [0.1, 0.15) is 11.9 Å². The molecule has 1 unspecified atom stereocenters. The molecule has 2 aromatic rings. The summed E-state index contributed by atoms with van der Waals surface area (Å²) in [7, 11) is 0. The SMILES string of the molecule is CC(O)c1ncc2cc(Br)ccn12. The summed E-state index contributed by atoms with van der Waals surface area (Å²) in [6.45, 7) is 1.71. The number of hydrogen-bond acceptors (Lipinski definition) is 2. The molecule has 0 amide bonds. The summed E-state index contributed by atoms with van der Waals surface area (Å²) < 4.78 is 2.88. The van der Waals surface area contributed by atoms with E-state index in [9.17, 15) is 5.11 Å². The summed E-state index contributed by atoms with van der Waals surface area (Å²) in [5.41, 5.74) is 0.977. The molecule has 0 aromatic carbocycles. The Bertz CT molecular complexity index is 436. The summed E-state index contributed by atoms with van der Waals surface area (Å²) in [5, 5.41) is 9.38. The van der Waals surface area contributed by atoms with Crippen molar-refractivity contribution < 1.29 is 5.11 Å². The zero-order valence-corrected chi connectivity index (χ0v) is 8.69. The van der Waals surface area contributed by atoms with Crippen molar-refractivity contribution in [2.24, 2.45) is 0 Å². The van der Waals surface area contributed by atoms with E-state index in [1.165, 1.54) is 0 Å². The van der Waals surface area contributed by atoms with Crippen molar-refractivity contribution in [3.05, 3.63) is 34.8 Å². The summed E-state index contributed by atoms with van der Waals surface area (Å²) in [5.74, 6) is 0.669. The molecule has 3 nitrogen and oxygen atoms in total. The quantitative estimate of drug-likeness (QED) is 0.830. The summed E-state index contributed by atoms with van der Waals surface area (Å²) in [6.07, 6.45) is 3.09. The molecule has 1 N–H and O–H groups in total. The van der Waals surface area contributed by atoms with Crippen LogP contribution in [0.15, 0.2) is 29.0 Å². The highest BCUT2D eigenvalue weighted by molar-refractivity contribution is 9.10. The third-order valence-electron chi connectivity index (χ3n) is 1.90. The Hall–Kier alpha value is -0.870. The molecular formula is C9H9BrN2O. The molecule has 0 spiro atoms. The van der Waals surface area contributed by atoms with Gasteiger partial charge in [-0.25, -0.2) is 4.98 Å². The third kappa shape index (κ3) is 1.47. The number of imidazole rings is 1. The van der Waals surface area contributed by atoms with Crippen LogP contribution < -0.4 is 0 Å². The smallest absolute Gasteiger partial charge is 0.141 e. The molecule has 0 saturated heterocycles. The van der Waals surface area contributed by atoms with Crippen LogP contribution in [-0.4, -0.2) is 14.5 Å². The number of aliphatic hydroxyl groups is 1. The maximum Gasteiger partial charge on any atom is 0.141 e. The molecule has 13 heavy (non-hydrogen) atoms. The first-order valence-corrected chi connectivity index (χ1v) is 4.78. The van der Waals surface area contributed by atoms with E-state index in [1.807, 2.05) is 22.7 Å². The Labute approximate surface area is 84.2 Å². The van der Waals surface area contributed by atoms with Gasteiger partial charge in [0.15, 0.2) is 0 Å². The molecule has 2 rings (SSSR count). The minimum absolute atomic E-state index is 0.538. The number of aliphatic hydroxyl groups excluding tert-OH is 1. The van der Waals surface area contributed by atoms with Crippen LogP contribution in [0.1, 0.15) is 18.9 Å². The molecule has 0 aliphatic rings. The summed E-state index contributed by atoms with van der Waals surface area (Å²) in [6, 6.07) is 3.87. The Balaban J connectivity index is 2.69. The van der Waals surface area contributed by atoms with Crippen molar-refractivity contribution in [3.8, 4) is 0 Å². The van der Waals surface area contributed by atoms with Crippen LogP contribution in [0.25, 0.3) is 5.52 Å². The lowest BCUT2D eigenvalue weighted by Crippen LogP contribution is -1.98. The maximum absolute atomic E-state index is 9.38. The van der Waals surface area contributed by atoms with Gasteiger partial charge in [-0.15, -0.1) is 0 Å². The molecular weight excluding hydrogens is 232 g/mol. The number of hydrogen-bond donors (Lipinski definition) is 1. The number of halogens is 1. The molecule has 2 aromatic heterocycles. The van der Waals surface area contributed by atoms with E-state index in [0.717, 1.165) is 9.99 Å². The molecule has 0 aliphatic carbocycles. The van der Waals surface area contributed by atoms with Crippen LogP contribution in [0.5, 0.6) is 0 Å². The first-order valence-electron chi connectivity index (χ1n) is 3.99. The van der Waals surface area contributed by atoms with Gasteiger partial charge in [-0.3, -0.25) is 0 Å². The second kappa shape index (κ2) is 3.12. The standard InChI is InChI=1S/C9H9BrN2O/c1-6(13)9-11-5-8-4-7(10)2-3-12(8)9/h2-6,13H,1H3. The maximum atomic E-state index is 9.38. The van der Waals surface area contributed by atoms with E-state index in [0.29, 0.717) is 5.82 Å². The molecule has 4 heteroatoms. The van der Waals surface area contributed by atoms with E-state index < -0.39 is 6.10 Å². The normalized spacial score (nSPS) is 13.5. The number of rotatable bonds is 1. The van der Waals surface area contributed by atoms with Crippen molar-refractivity contribution in [2.75, 3.05) is 0 Å². The first kappa shape index (κ1) is 8.72. The molecule has 0 fully saturated rings. The average molecular weight is 241 g/mol. The van der Waals surface area contributed by atoms with Crippen LogP contribution in [-0.2, 0) is 0 Å². The number of fused-ring (bicyclic) bond motifs is 1. The Morgan fingerprint density at radius 2 is 2.38 bits per heavy atom. The van der Waals surface area contributed by atoms with E-state index in [4.69, 9.17) is 0 Å². The Morgan fingerprint density at radius 1 is 1.62 bits per heavy atom. The number of nitrogens with zero attached hydrogens (tertiary/aromatic N) is 2. The first-order chi connectivity index (χ1) is 6.18. The van der Waals surface area contributed by atoms with Crippen molar-refractivity contribution >= 4 is 21.4 Å². The molecule has 0 radical (unpaired) electrons. The molecule has 0 bridgehead atoms. The number of pyridine rings is 1. The monoisotopic (exact) mass is 240 g/mol. The third-order valence-corrected chi connectivity index (χ3v) is 2.39. The van der Waals surface area contributed by atoms with Gasteiger partial charge < -0.3 is 9.51 Å². The highest BCUT2D eigenvalue weighted by atomic mass is 79.9.